The average molecular weight is 399 g/mol. The first-order valence-corrected chi connectivity index (χ1v) is 10.9. The van der Waals surface area contributed by atoms with Crippen LogP contribution in [-0.4, -0.2) is 44.3 Å². The van der Waals surface area contributed by atoms with E-state index in [0.29, 0.717) is 11.4 Å². The van der Waals surface area contributed by atoms with E-state index in [4.69, 9.17) is 4.74 Å². The van der Waals surface area contributed by atoms with Crippen LogP contribution in [0.25, 0.3) is 0 Å². The van der Waals surface area contributed by atoms with Crippen molar-refractivity contribution >= 4 is 31.4 Å². The molecule has 0 aliphatic heterocycles. The minimum Gasteiger partial charge on any atom is -0.495 e. The summed E-state index contributed by atoms with van der Waals surface area (Å²) in [6.45, 7) is 1.80. The molecule has 142 valence electrons. The van der Waals surface area contributed by atoms with Gasteiger partial charge in [0.15, 0.2) is 0 Å². The maximum atomic E-state index is 13.0. The molecule has 2 rings (SSSR count). The van der Waals surface area contributed by atoms with E-state index in [1.165, 1.54) is 21.2 Å². The molecule has 0 aliphatic carbocycles. The molecule has 9 heteroatoms. The average Bonchev–Trinajstić information content (AvgIpc) is 2.59. The highest BCUT2D eigenvalue weighted by molar-refractivity contribution is 7.93. The Hall–Kier alpha value is -2.26. The number of ether oxygens (including phenoxy) is 1. The zero-order valence-electron chi connectivity index (χ0n) is 15.3. The van der Waals surface area contributed by atoms with Crippen molar-refractivity contribution in [1.29, 1.82) is 0 Å². The fraction of sp³-hybridized carbons (Fsp3) is 0.294. The third-order valence-electron chi connectivity index (χ3n) is 4.03. The molecule has 0 aliphatic rings. The molecule has 0 saturated carbocycles. The number of sulfonamides is 2. The lowest BCUT2D eigenvalue weighted by Crippen LogP contribution is -2.27. The van der Waals surface area contributed by atoms with Crippen LogP contribution in [0.3, 0.4) is 0 Å². The summed E-state index contributed by atoms with van der Waals surface area (Å²) in [7, 11) is -2.95. The van der Waals surface area contributed by atoms with Gasteiger partial charge in [-0.2, -0.15) is 0 Å². The van der Waals surface area contributed by atoms with E-state index in [0.717, 1.165) is 20.4 Å². The van der Waals surface area contributed by atoms with Crippen molar-refractivity contribution in [3.8, 4) is 5.75 Å². The van der Waals surface area contributed by atoms with Crippen LogP contribution in [0.4, 0.5) is 11.4 Å². The molecule has 0 fully saturated rings. The van der Waals surface area contributed by atoms with E-state index in [9.17, 15) is 16.8 Å². The molecule has 0 bridgehead atoms. The van der Waals surface area contributed by atoms with E-state index < -0.39 is 20.0 Å². The summed E-state index contributed by atoms with van der Waals surface area (Å²) in [5.74, 6) is 0.260. The first kappa shape index (κ1) is 20.1. The maximum Gasteiger partial charge on any atom is 0.267 e. The molecule has 0 unspecified atom stereocenters. The number of methoxy groups -OCH3 is 1. The predicted molar refractivity (Wildman–Crippen MR) is 103 cm³/mol. The molecule has 0 atom stereocenters. The molecule has 0 spiro atoms. The Labute approximate surface area is 154 Å². The summed E-state index contributed by atoms with van der Waals surface area (Å²) in [4.78, 5) is 0.0693. The lowest BCUT2D eigenvalue weighted by Gasteiger charge is -2.22. The normalized spacial score (nSPS) is 11.9. The van der Waals surface area contributed by atoms with Gasteiger partial charge in [0.2, 0.25) is 10.0 Å². The van der Waals surface area contributed by atoms with E-state index in [2.05, 4.69) is 0 Å². The monoisotopic (exact) mass is 398 g/mol. The van der Waals surface area contributed by atoms with Crippen LogP contribution < -0.4 is 13.3 Å². The zero-order chi connectivity index (χ0) is 19.7. The third-order valence-corrected chi connectivity index (χ3v) is 7.04. The fourth-order valence-electron chi connectivity index (χ4n) is 2.34. The van der Waals surface area contributed by atoms with Gasteiger partial charge in [-0.25, -0.2) is 16.8 Å². The second kappa shape index (κ2) is 7.16. The van der Waals surface area contributed by atoms with Gasteiger partial charge in [-0.15, -0.1) is 0 Å². The van der Waals surface area contributed by atoms with Crippen molar-refractivity contribution in [2.75, 3.05) is 36.1 Å². The van der Waals surface area contributed by atoms with Gasteiger partial charge in [0.25, 0.3) is 10.0 Å². The van der Waals surface area contributed by atoms with Crippen LogP contribution >= 0.6 is 0 Å². The summed E-state index contributed by atoms with van der Waals surface area (Å²) >= 11 is 0. The minimum absolute atomic E-state index is 0.0693. The molecule has 26 heavy (non-hydrogen) atoms. The van der Waals surface area contributed by atoms with E-state index in [-0.39, 0.29) is 10.6 Å². The standard InChI is InChI=1S/C17H22N2O5S2/c1-13-6-11-16(24-4)17(12-13)26(22,23)19(3)15-9-7-14(8-10-15)18(2)25(5,20)21/h6-12H,1-5H3. The topological polar surface area (TPSA) is 84.0 Å². The van der Waals surface area contributed by atoms with Crippen molar-refractivity contribution < 1.29 is 21.6 Å². The van der Waals surface area contributed by atoms with Gasteiger partial charge in [0, 0.05) is 14.1 Å². The first-order chi connectivity index (χ1) is 12.0. The van der Waals surface area contributed by atoms with E-state index >= 15 is 0 Å². The summed E-state index contributed by atoms with van der Waals surface area (Å²) in [5.41, 5.74) is 1.64. The molecule has 0 amide bonds. The van der Waals surface area contributed by atoms with Crippen LogP contribution in [0, 0.1) is 6.92 Å². The second-order valence-electron chi connectivity index (χ2n) is 5.87. The maximum absolute atomic E-state index is 13.0. The zero-order valence-corrected chi connectivity index (χ0v) is 16.9. The van der Waals surface area contributed by atoms with Gasteiger partial charge in [0.1, 0.15) is 10.6 Å². The summed E-state index contributed by atoms with van der Waals surface area (Å²) in [5, 5.41) is 0. The molecule has 2 aromatic rings. The van der Waals surface area contributed by atoms with Crippen molar-refractivity contribution in [3.63, 3.8) is 0 Å². The molecule has 0 saturated heterocycles. The molecule has 7 nitrogen and oxygen atoms in total. The Morgan fingerprint density at radius 2 is 1.35 bits per heavy atom. The predicted octanol–water partition coefficient (Wildman–Crippen LogP) is 2.22. The fourth-order valence-corrected chi connectivity index (χ4v) is 4.28. The SMILES string of the molecule is COc1ccc(C)cc1S(=O)(=O)N(C)c1ccc(N(C)S(C)(=O)=O)cc1. The van der Waals surface area contributed by atoms with Gasteiger partial charge in [-0.1, -0.05) is 6.07 Å². The molecule has 0 heterocycles. The van der Waals surface area contributed by atoms with Gasteiger partial charge in [-0.05, 0) is 48.9 Å². The molecule has 0 radical (unpaired) electrons. The van der Waals surface area contributed by atoms with E-state index in [1.54, 1.807) is 49.4 Å². The van der Waals surface area contributed by atoms with Crippen molar-refractivity contribution in [2.24, 2.45) is 0 Å². The van der Waals surface area contributed by atoms with Gasteiger partial charge >= 0.3 is 0 Å². The van der Waals surface area contributed by atoms with Gasteiger partial charge in [0.05, 0.1) is 24.7 Å². The van der Waals surface area contributed by atoms with Crippen LogP contribution in [0.2, 0.25) is 0 Å². The summed E-state index contributed by atoms with van der Waals surface area (Å²) in [6, 6.07) is 11.1. The highest BCUT2D eigenvalue weighted by atomic mass is 32.2. The Kier molecular flexibility index (Phi) is 5.52. The number of aryl methyl sites for hydroxylation is 1. The number of hydrogen-bond acceptors (Lipinski definition) is 5. The third kappa shape index (κ3) is 3.94. The molecular formula is C17H22N2O5S2. The molecule has 0 aromatic heterocycles. The Bertz CT molecular complexity index is 1000. The number of benzene rings is 2. The largest absolute Gasteiger partial charge is 0.495 e. The van der Waals surface area contributed by atoms with Crippen LogP contribution in [0.15, 0.2) is 47.4 Å². The highest BCUT2D eigenvalue weighted by Crippen LogP contribution is 2.30. The Morgan fingerprint density at radius 3 is 1.81 bits per heavy atom. The molecular weight excluding hydrogens is 376 g/mol. The van der Waals surface area contributed by atoms with Gasteiger partial charge in [-0.3, -0.25) is 8.61 Å². The number of hydrogen-bond donors (Lipinski definition) is 0. The summed E-state index contributed by atoms with van der Waals surface area (Å²) < 4.78 is 56.6. The number of nitrogens with zero attached hydrogens (tertiary/aromatic N) is 2. The Balaban J connectivity index is 2.42. The quantitative estimate of drug-likeness (QED) is 0.745. The van der Waals surface area contributed by atoms with Crippen LogP contribution in [-0.2, 0) is 20.0 Å². The minimum atomic E-state index is -3.84. The van der Waals surface area contributed by atoms with Crippen LogP contribution in [0.1, 0.15) is 5.56 Å². The molecule has 2 aromatic carbocycles. The number of anilines is 2. The second-order valence-corrected chi connectivity index (χ2v) is 9.83. The van der Waals surface area contributed by atoms with Crippen molar-refractivity contribution in [1.82, 2.24) is 0 Å². The van der Waals surface area contributed by atoms with Crippen molar-refractivity contribution in [2.45, 2.75) is 11.8 Å². The van der Waals surface area contributed by atoms with E-state index in [1.807, 2.05) is 0 Å². The lowest BCUT2D eigenvalue weighted by atomic mass is 10.2. The van der Waals surface area contributed by atoms with Crippen molar-refractivity contribution in [3.05, 3.63) is 48.0 Å². The number of rotatable bonds is 6. The lowest BCUT2D eigenvalue weighted by molar-refractivity contribution is 0.402. The molecule has 0 N–H and O–H groups in total. The smallest absolute Gasteiger partial charge is 0.267 e. The highest BCUT2D eigenvalue weighted by Gasteiger charge is 2.25. The first-order valence-electron chi connectivity index (χ1n) is 7.66. The van der Waals surface area contributed by atoms with Gasteiger partial charge < -0.3 is 4.74 Å². The van der Waals surface area contributed by atoms with Crippen LogP contribution in [0.5, 0.6) is 5.75 Å². The summed E-state index contributed by atoms with van der Waals surface area (Å²) in [6.07, 6.45) is 1.10. The Morgan fingerprint density at radius 1 is 0.846 bits per heavy atom.